The molecule has 0 spiro atoms. The number of fused-ring (bicyclic) bond motifs is 1. The second kappa shape index (κ2) is 9.04. The summed E-state index contributed by atoms with van der Waals surface area (Å²) in [6, 6.07) is 9.55. The summed E-state index contributed by atoms with van der Waals surface area (Å²) in [6.45, 7) is 0.316. The molecule has 3 aromatic heterocycles. The van der Waals surface area contributed by atoms with Crippen LogP contribution in [0.1, 0.15) is 44.1 Å². The van der Waals surface area contributed by atoms with Gasteiger partial charge in [0.25, 0.3) is 11.8 Å². The lowest BCUT2D eigenvalue weighted by Gasteiger charge is -2.43. The molecule has 6 rings (SSSR count). The zero-order chi connectivity index (χ0) is 25.6. The van der Waals surface area contributed by atoms with Crippen molar-refractivity contribution in [2.75, 3.05) is 11.9 Å². The molecule has 1 N–H and O–H groups in total. The molecular formula is C25H19F2N7O2S. The molecule has 1 saturated carbocycles. The van der Waals surface area contributed by atoms with Gasteiger partial charge in [-0.3, -0.25) is 19.5 Å². The van der Waals surface area contributed by atoms with Crippen LogP contribution < -0.4 is 5.32 Å². The minimum atomic E-state index is -1.01. The topological polar surface area (TPSA) is 114 Å². The molecule has 0 atom stereocenters. The van der Waals surface area contributed by atoms with Crippen LogP contribution in [0.25, 0.3) is 10.7 Å². The number of hydrogen-bond acceptors (Lipinski definition) is 9. The Morgan fingerprint density at radius 1 is 1.00 bits per heavy atom. The van der Waals surface area contributed by atoms with E-state index in [1.807, 2.05) is 0 Å². The number of nitrogens with one attached hydrogen (secondary N) is 1. The number of nitrogens with zero attached hydrogens (tertiary/aromatic N) is 6. The largest absolute Gasteiger partial charge is 0.352 e. The summed E-state index contributed by atoms with van der Waals surface area (Å²) in [4.78, 5) is 39.9. The van der Waals surface area contributed by atoms with E-state index in [1.54, 1.807) is 30.5 Å². The van der Waals surface area contributed by atoms with Crippen molar-refractivity contribution in [1.82, 2.24) is 30.0 Å². The second-order valence-electron chi connectivity index (χ2n) is 9.01. The molecule has 0 radical (unpaired) electrons. The number of carbonyl (C=O) groups excluding carboxylic acids is 2. The van der Waals surface area contributed by atoms with Crippen molar-refractivity contribution in [2.24, 2.45) is 0 Å². The first-order valence-electron chi connectivity index (χ1n) is 11.5. The molecule has 1 aromatic carbocycles. The van der Waals surface area contributed by atoms with Gasteiger partial charge in [0.2, 0.25) is 5.95 Å². The van der Waals surface area contributed by atoms with Crippen molar-refractivity contribution in [2.45, 2.75) is 31.0 Å². The van der Waals surface area contributed by atoms with E-state index in [1.165, 1.54) is 40.8 Å². The van der Waals surface area contributed by atoms with Gasteiger partial charge in [-0.25, -0.2) is 18.7 Å². The van der Waals surface area contributed by atoms with Gasteiger partial charge in [0.05, 0.1) is 29.6 Å². The maximum atomic E-state index is 14.3. The van der Waals surface area contributed by atoms with Crippen LogP contribution in [-0.2, 0) is 12.0 Å². The summed E-state index contributed by atoms with van der Waals surface area (Å²) in [6.07, 6.45) is 3.89. The molecule has 2 amide bonds. The number of alkyl halides is 1. The second-order valence-corrected chi connectivity index (χ2v) is 10.1. The Hall–Kier alpha value is -4.19. The Labute approximate surface area is 213 Å². The predicted octanol–water partition coefficient (Wildman–Crippen LogP) is 3.81. The molecule has 186 valence electrons. The van der Waals surface area contributed by atoms with Gasteiger partial charge in [-0.1, -0.05) is 12.1 Å². The fraction of sp³-hybridized carbons (Fsp3) is 0.240. The number of benzene rings is 1. The van der Waals surface area contributed by atoms with Crippen LogP contribution in [-0.4, -0.2) is 54.6 Å². The van der Waals surface area contributed by atoms with Crippen molar-refractivity contribution in [3.05, 3.63) is 82.5 Å². The number of pyridine rings is 1. The van der Waals surface area contributed by atoms with Gasteiger partial charge >= 0.3 is 0 Å². The van der Waals surface area contributed by atoms with Crippen molar-refractivity contribution >= 4 is 29.1 Å². The van der Waals surface area contributed by atoms with E-state index in [2.05, 4.69) is 30.5 Å². The highest BCUT2D eigenvalue weighted by Gasteiger charge is 2.48. The molecule has 0 saturated heterocycles. The smallest absolute Gasteiger partial charge is 0.261 e. The highest BCUT2D eigenvalue weighted by atomic mass is 32.1. The minimum absolute atomic E-state index is 0.103. The number of aromatic nitrogens is 5. The Kier molecular flexibility index (Phi) is 5.67. The van der Waals surface area contributed by atoms with Crippen LogP contribution in [0.5, 0.6) is 0 Å². The minimum Gasteiger partial charge on any atom is -0.352 e. The first kappa shape index (κ1) is 23.2. The fourth-order valence-electron chi connectivity index (χ4n) is 4.73. The van der Waals surface area contributed by atoms with Gasteiger partial charge in [-0.15, -0.1) is 21.5 Å². The van der Waals surface area contributed by atoms with Crippen LogP contribution >= 0.6 is 11.3 Å². The Morgan fingerprint density at radius 3 is 2.41 bits per heavy atom. The van der Waals surface area contributed by atoms with Crippen LogP contribution in [0.4, 0.5) is 14.7 Å². The lowest BCUT2D eigenvalue weighted by molar-refractivity contribution is 0.0643. The number of halogens is 2. The first-order chi connectivity index (χ1) is 17.9. The van der Waals surface area contributed by atoms with Gasteiger partial charge in [0.1, 0.15) is 22.7 Å². The van der Waals surface area contributed by atoms with Crippen molar-refractivity contribution < 1.29 is 18.4 Å². The van der Waals surface area contributed by atoms with Gasteiger partial charge in [-0.2, -0.15) is 0 Å². The quantitative estimate of drug-likeness (QED) is 0.367. The van der Waals surface area contributed by atoms with E-state index in [4.69, 9.17) is 0 Å². The lowest BCUT2D eigenvalue weighted by Crippen LogP contribution is -2.49. The molecule has 1 aliphatic carbocycles. The molecule has 12 heteroatoms. The fourth-order valence-corrected chi connectivity index (χ4v) is 5.58. The molecule has 4 aromatic rings. The predicted molar refractivity (Wildman–Crippen MR) is 130 cm³/mol. The van der Waals surface area contributed by atoms with E-state index >= 15 is 0 Å². The highest BCUT2D eigenvalue weighted by molar-refractivity contribution is 7.15. The van der Waals surface area contributed by atoms with Crippen LogP contribution in [0, 0.1) is 5.82 Å². The van der Waals surface area contributed by atoms with Crippen LogP contribution in [0.3, 0.4) is 0 Å². The number of amides is 2. The first-order valence-corrected chi connectivity index (χ1v) is 12.3. The van der Waals surface area contributed by atoms with E-state index in [9.17, 15) is 18.4 Å². The molecular weight excluding hydrogens is 500 g/mol. The zero-order valence-corrected chi connectivity index (χ0v) is 20.1. The van der Waals surface area contributed by atoms with Gasteiger partial charge in [0, 0.05) is 29.2 Å². The maximum Gasteiger partial charge on any atom is 0.261 e. The van der Waals surface area contributed by atoms with Crippen molar-refractivity contribution in [3.63, 3.8) is 0 Å². The standard InChI is InChI=1S/C25H19F2N7O2S/c26-14-8-25(9-14,20-18(27)6-3-7-28-20)13-31-24-30-11-19(32-33-24)21-29-10-15(37-21)12-34-22(35)16-4-1-2-5-17(16)23(34)36/h1-7,10-11,14H,8-9,12-13H2,(H,30,31,33). The third-order valence-electron chi connectivity index (χ3n) is 6.60. The third kappa shape index (κ3) is 4.12. The average Bonchev–Trinajstić information content (AvgIpc) is 3.46. The normalized spacial score (nSPS) is 20.6. The number of imide groups is 1. The summed E-state index contributed by atoms with van der Waals surface area (Å²) >= 11 is 1.28. The maximum absolute atomic E-state index is 14.3. The van der Waals surface area contributed by atoms with Crippen LogP contribution in [0.2, 0.25) is 0 Å². The summed E-state index contributed by atoms with van der Waals surface area (Å²) in [5, 5.41) is 11.8. The number of thiazole rings is 1. The van der Waals surface area contributed by atoms with E-state index < -0.39 is 17.4 Å². The SMILES string of the molecule is O=C1c2ccccc2C(=O)N1Cc1cnc(-c2cnc(NCC3(c4ncccc4F)CC(F)C3)nn2)s1. The monoisotopic (exact) mass is 519 g/mol. The Morgan fingerprint density at radius 2 is 1.76 bits per heavy atom. The number of anilines is 1. The summed E-state index contributed by atoms with van der Waals surface area (Å²) in [5.74, 6) is -0.918. The van der Waals surface area contributed by atoms with E-state index in [-0.39, 0.29) is 49.4 Å². The Balaban J connectivity index is 1.12. The van der Waals surface area contributed by atoms with E-state index in [0.717, 1.165) is 0 Å². The molecule has 2 aliphatic rings. The highest BCUT2D eigenvalue weighted by Crippen LogP contribution is 2.45. The molecule has 37 heavy (non-hydrogen) atoms. The Bertz CT molecular complexity index is 1470. The van der Waals surface area contributed by atoms with Crippen LogP contribution in [0.15, 0.2) is 55.0 Å². The van der Waals surface area contributed by atoms with Gasteiger partial charge < -0.3 is 5.32 Å². The van der Waals surface area contributed by atoms with Crippen molar-refractivity contribution in [3.8, 4) is 10.7 Å². The summed E-state index contributed by atoms with van der Waals surface area (Å²) in [7, 11) is 0. The zero-order valence-electron chi connectivity index (χ0n) is 19.3. The van der Waals surface area contributed by atoms with Crippen molar-refractivity contribution in [1.29, 1.82) is 0 Å². The van der Waals surface area contributed by atoms with E-state index in [0.29, 0.717) is 26.7 Å². The average molecular weight is 520 g/mol. The molecule has 4 heterocycles. The number of rotatable bonds is 7. The number of hydrogen-bond donors (Lipinski definition) is 1. The molecule has 0 bridgehead atoms. The molecule has 1 aliphatic heterocycles. The summed E-state index contributed by atoms with van der Waals surface area (Å²) < 4.78 is 28.1. The lowest BCUT2D eigenvalue weighted by atomic mass is 9.65. The van der Waals surface area contributed by atoms with Gasteiger partial charge in [-0.05, 0) is 37.1 Å². The molecule has 0 unspecified atom stereocenters. The molecule has 9 nitrogen and oxygen atoms in total. The molecule has 1 fully saturated rings. The van der Waals surface area contributed by atoms with Gasteiger partial charge in [0.15, 0.2) is 0 Å². The number of carbonyl (C=O) groups is 2. The third-order valence-corrected chi connectivity index (χ3v) is 7.60. The summed E-state index contributed by atoms with van der Waals surface area (Å²) in [5.41, 5.74) is 0.663.